The zero-order valence-electron chi connectivity index (χ0n) is 10.1. The lowest BCUT2D eigenvalue weighted by atomic mass is 9.92. The summed E-state index contributed by atoms with van der Waals surface area (Å²) >= 11 is 5.71. The van der Waals surface area contributed by atoms with Crippen LogP contribution in [0.1, 0.15) is 12.5 Å². The lowest BCUT2D eigenvalue weighted by molar-refractivity contribution is -0.148. The van der Waals surface area contributed by atoms with Gasteiger partial charge in [0, 0.05) is 0 Å². The summed E-state index contributed by atoms with van der Waals surface area (Å²) in [6.07, 6.45) is 5.16. The molecule has 0 heterocycles. The maximum atomic E-state index is 13.1. The third kappa shape index (κ3) is 2.81. The number of carbonyl (C=O) groups is 1. The van der Waals surface area contributed by atoms with Gasteiger partial charge in [-0.25, -0.2) is 9.18 Å². The van der Waals surface area contributed by atoms with Crippen molar-refractivity contribution in [2.75, 3.05) is 13.7 Å². The molecule has 1 aromatic rings. The second-order valence-corrected chi connectivity index (χ2v) is 4.21. The zero-order valence-corrected chi connectivity index (χ0v) is 10.8. The molecule has 5 heteroatoms. The molecule has 0 aliphatic heterocycles. The van der Waals surface area contributed by atoms with Crippen LogP contribution in [-0.2, 0) is 15.1 Å². The van der Waals surface area contributed by atoms with E-state index in [-0.39, 0.29) is 11.6 Å². The molecule has 0 fully saturated rings. The Morgan fingerprint density at radius 2 is 2.33 bits per heavy atom. The second kappa shape index (κ2) is 5.85. The van der Waals surface area contributed by atoms with Crippen LogP contribution in [0.3, 0.4) is 0 Å². The third-order valence-corrected chi connectivity index (χ3v) is 2.92. The number of nitrogens with one attached hydrogen (secondary N) is 1. The Morgan fingerprint density at radius 1 is 1.67 bits per heavy atom. The lowest BCUT2D eigenvalue weighted by Crippen LogP contribution is -2.47. The summed E-state index contributed by atoms with van der Waals surface area (Å²) in [7, 11) is 1.27. The van der Waals surface area contributed by atoms with E-state index in [0.29, 0.717) is 5.56 Å². The first-order chi connectivity index (χ1) is 8.45. The SMILES string of the molecule is C#CCNC(C)(C(=O)OC)c1ccc(F)c(Cl)c1. The Balaban J connectivity index is 3.21. The normalized spacial score (nSPS) is 13.5. The zero-order chi connectivity index (χ0) is 13.8. The largest absolute Gasteiger partial charge is 0.467 e. The number of rotatable bonds is 4. The summed E-state index contributed by atoms with van der Waals surface area (Å²) in [6.45, 7) is 1.76. The van der Waals surface area contributed by atoms with Crippen LogP contribution in [0.15, 0.2) is 18.2 Å². The molecular formula is C13H13ClFNO2. The molecule has 0 aliphatic carbocycles. The van der Waals surface area contributed by atoms with Gasteiger partial charge in [0.25, 0.3) is 0 Å². The number of hydrogen-bond donors (Lipinski definition) is 1. The fraction of sp³-hybridized carbons (Fsp3) is 0.308. The Morgan fingerprint density at radius 3 is 2.83 bits per heavy atom. The molecule has 1 rings (SSSR count). The highest BCUT2D eigenvalue weighted by Crippen LogP contribution is 2.26. The van der Waals surface area contributed by atoms with Crippen molar-refractivity contribution in [3.05, 3.63) is 34.6 Å². The van der Waals surface area contributed by atoms with Crippen LogP contribution in [0.5, 0.6) is 0 Å². The maximum absolute atomic E-state index is 13.1. The number of ether oxygens (including phenoxy) is 1. The van der Waals surface area contributed by atoms with E-state index in [2.05, 4.69) is 11.2 Å². The van der Waals surface area contributed by atoms with Gasteiger partial charge in [0.15, 0.2) is 0 Å². The number of esters is 1. The molecule has 1 atom stereocenters. The van der Waals surface area contributed by atoms with Gasteiger partial charge >= 0.3 is 5.97 Å². The molecule has 0 bridgehead atoms. The average Bonchev–Trinajstić information content (AvgIpc) is 2.38. The number of benzene rings is 1. The molecule has 0 aromatic heterocycles. The van der Waals surface area contributed by atoms with Crippen molar-refractivity contribution in [3.8, 4) is 12.3 Å². The van der Waals surface area contributed by atoms with Gasteiger partial charge in [-0.1, -0.05) is 23.6 Å². The van der Waals surface area contributed by atoms with Gasteiger partial charge in [-0.2, -0.15) is 0 Å². The highest BCUT2D eigenvalue weighted by Gasteiger charge is 2.36. The summed E-state index contributed by atoms with van der Waals surface area (Å²) in [4.78, 5) is 11.8. The fourth-order valence-electron chi connectivity index (χ4n) is 1.53. The number of hydrogen-bond acceptors (Lipinski definition) is 3. The maximum Gasteiger partial charge on any atom is 0.330 e. The van der Waals surface area contributed by atoms with Crippen molar-refractivity contribution in [1.82, 2.24) is 5.32 Å². The van der Waals surface area contributed by atoms with Gasteiger partial charge in [0.05, 0.1) is 18.7 Å². The summed E-state index contributed by atoms with van der Waals surface area (Å²) in [5.41, 5.74) is -0.686. The van der Waals surface area contributed by atoms with Crippen molar-refractivity contribution < 1.29 is 13.9 Å². The predicted molar refractivity (Wildman–Crippen MR) is 67.6 cm³/mol. The van der Waals surface area contributed by atoms with Gasteiger partial charge in [-0.15, -0.1) is 6.42 Å². The van der Waals surface area contributed by atoms with Gasteiger partial charge < -0.3 is 4.74 Å². The standard InChI is InChI=1S/C13H13ClFNO2/c1-4-7-16-13(2,12(17)18-3)9-5-6-11(15)10(14)8-9/h1,5-6,8,16H,7H2,2-3H3. The van der Waals surface area contributed by atoms with Crippen LogP contribution >= 0.6 is 11.6 Å². The van der Waals surface area contributed by atoms with E-state index in [1.165, 1.54) is 25.3 Å². The van der Waals surface area contributed by atoms with Crippen LogP contribution in [0.2, 0.25) is 5.02 Å². The molecule has 0 saturated carbocycles. The predicted octanol–water partition coefficient (Wildman–Crippen LogP) is 2.09. The molecule has 0 amide bonds. The third-order valence-electron chi connectivity index (χ3n) is 2.63. The molecular weight excluding hydrogens is 257 g/mol. The number of carbonyl (C=O) groups excluding carboxylic acids is 1. The summed E-state index contributed by atoms with van der Waals surface area (Å²) in [6, 6.07) is 4.02. The van der Waals surface area contributed by atoms with E-state index in [1.54, 1.807) is 6.92 Å². The van der Waals surface area contributed by atoms with E-state index in [1.807, 2.05) is 0 Å². The minimum absolute atomic E-state index is 0.0647. The molecule has 1 unspecified atom stereocenters. The molecule has 18 heavy (non-hydrogen) atoms. The van der Waals surface area contributed by atoms with Crippen LogP contribution in [0, 0.1) is 18.2 Å². The minimum Gasteiger partial charge on any atom is -0.467 e. The number of methoxy groups -OCH3 is 1. The molecule has 1 aromatic carbocycles. The highest BCUT2D eigenvalue weighted by molar-refractivity contribution is 6.30. The van der Waals surface area contributed by atoms with Crippen LogP contribution in [0.25, 0.3) is 0 Å². The van der Waals surface area contributed by atoms with Gasteiger partial charge in [0.2, 0.25) is 0 Å². The number of terminal acetylenes is 1. The van der Waals surface area contributed by atoms with Crippen molar-refractivity contribution in [1.29, 1.82) is 0 Å². The first-order valence-electron chi connectivity index (χ1n) is 5.18. The highest BCUT2D eigenvalue weighted by atomic mass is 35.5. The molecule has 0 saturated heterocycles. The minimum atomic E-state index is -1.17. The monoisotopic (exact) mass is 269 g/mol. The molecule has 0 spiro atoms. The van der Waals surface area contributed by atoms with Gasteiger partial charge in [0.1, 0.15) is 11.4 Å². The fourth-order valence-corrected chi connectivity index (χ4v) is 1.71. The van der Waals surface area contributed by atoms with E-state index < -0.39 is 17.3 Å². The van der Waals surface area contributed by atoms with Gasteiger partial charge in [-0.05, 0) is 24.6 Å². The van der Waals surface area contributed by atoms with E-state index in [0.717, 1.165) is 0 Å². The molecule has 3 nitrogen and oxygen atoms in total. The number of halogens is 2. The van der Waals surface area contributed by atoms with Crippen LogP contribution < -0.4 is 5.32 Å². The lowest BCUT2D eigenvalue weighted by Gasteiger charge is -2.27. The average molecular weight is 270 g/mol. The molecule has 0 radical (unpaired) electrons. The van der Waals surface area contributed by atoms with Gasteiger partial charge in [-0.3, -0.25) is 5.32 Å². The molecule has 1 N–H and O–H groups in total. The van der Waals surface area contributed by atoms with Crippen molar-refractivity contribution >= 4 is 17.6 Å². The first kappa shape index (κ1) is 14.5. The quantitative estimate of drug-likeness (QED) is 0.672. The topological polar surface area (TPSA) is 38.3 Å². The van der Waals surface area contributed by atoms with E-state index in [9.17, 15) is 9.18 Å². The summed E-state index contributed by atoms with van der Waals surface area (Å²) in [5.74, 6) is 1.29. The Bertz CT molecular complexity index is 498. The summed E-state index contributed by atoms with van der Waals surface area (Å²) < 4.78 is 17.9. The molecule has 0 aliphatic rings. The van der Waals surface area contributed by atoms with Crippen molar-refractivity contribution in [2.24, 2.45) is 0 Å². The summed E-state index contributed by atoms with van der Waals surface area (Å²) in [5, 5.41) is 2.80. The smallest absolute Gasteiger partial charge is 0.330 e. The second-order valence-electron chi connectivity index (χ2n) is 3.80. The van der Waals surface area contributed by atoms with Crippen molar-refractivity contribution in [3.63, 3.8) is 0 Å². The van der Waals surface area contributed by atoms with Crippen LogP contribution in [-0.4, -0.2) is 19.6 Å². The Hall–Kier alpha value is -1.57. The van der Waals surface area contributed by atoms with Crippen molar-refractivity contribution in [2.45, 2.75) is 12.5 Å². The Kier molecular flexibility index (Phi) is 4.71. The Labute approximate surface area is 110 Å². The van der Waals surface area contributed by atoms with E-state index >= 15 is 0 Å². The molecule has 96 valence electrons. The first-order valence-corrected chi connectivity index (χ1v) is 5.56. The van der Waals surface area contributed by atoms with Crippen LogP contribution in [0.4, 0.5) is 4.39 Å². The van der Waals surface area contributed by atoms with E-state index in [4.69, 9.17) is 22.8 Å².